The fraction of sp³-hybridized carbons (Fsp3) is 0.969. The molecular formula is C64H128N4O6. The summed E-state index contributed by atoms with van der Waals surface area (Å²) in [5, 5.41) is 50.5. The summed E-state index contributed by atoms with van der Waals surface area (Å²) in [7, 11) is 0. The van der Waals surface area contributed by atoms with E-state index in [-0.39, 0.29) is 11.8 Å². The molecule has 10 heteroatoms. The van der Waals surface area contributed by atoms with Crippen molar-refractivity contribution in [3.63, 3.8) is 0 Å². The molecule has 0 bridgehead atoms. The monoisotopic (exact) mass is 1050 g/mol. The van der Waals surface area contributed by atoms with E-state index in [9.17, 15) is 30.0 Å². The zero-order valence-electron chi connectivity index (χ0n) is 49.7. The number of piperazine rings is 1. The van der Waals surface area contributed by atoms with Crippen molar-refractivity contribution in [2.45, 2.75) is 360 Å². The van der Waals surface area contributed by atoms with Crippen LogP contribution in [0, 0.1) is 0 Å². The highest BCUT2D eigenvalue weighted by molar-refractivity contribution is 5.96. The average molecular weight is 1050 g/mol. The molecule has 0 saturated carbocycles. The summed E-state index contributed by atoms with van der Waals surface area (Å²) in [6.45, 7) is 12.8. The van der Waals surface area contributed by atoms with Crippen LogP contribution in [0.5, 0.6) is 0 Å². The van der Waals surface area contributed by atoms with Gasteiger partial charge in [-0.3, -0.25) is 19.4 Å². The highest BCUT2D eigenvalue weighted by Crippen LogP contribution is 2.19. The van der Waals surface area contributed by atoms with Gasteiger partial charge in [-0.2, -0.15) is 0 Å². The predicted octanol–water partition coefficient (Wildman–Crippen LogP) is 15.0. The first-order valence-electron chi connectivity index (χ1n) is 32.9. The van der Waals surface area contributed by atoms with Gasteiger partial charge in [0.25, 0.3) is 0 Å². The van der Waals surface area contributed by atoms with E-state index in [1.807, 2.05) is 0 Å². The molecule has 1 aliphatic heterocycles. The van der Waals surface area contributed by atoms with Crippen LogP contribution in [0.3, 0.4) is 0 Å². The van der Waals surface area contributed by atoms with E-state index in [2.05, 4.69) is 48.1 Å². The van der Waals surface area contributed by atoms with E-state index >= 15 is 0 Å². The van der Waals surface area contributed by atoms with Gasteiger partial charge in [-0.1, -0.05) is 259 Å². The molecule has 10 nitrogen and oxygen atoms in total. The molecule has 0 radical (unpaired) electrons. The second kappa shape index (κ2) is 52.4. The molecule has 0 aromatic heterocycles. The van der Waals surface area contributed by atoms with Gasteiger partial charge in [-0.15, -0.1) is 0 Å². The van der Waals surface area contributed by atoms with Crippen molar-refractivity contribution in [1.82, 2.24) is 20.4 Å². The molecule has 6 unspecified atom stereocenters. The number of hydrogen-bond donors (Lipinski definition) is 6. The lowest BCUT2D eigenvalue weighted by molar-refractivity contribution is -0.137. The molecule has 1 saturated heterocycles. The Hall–Kier alpha value is -1.30. The number of aliphatic hydroxyl groups excluding tert-OH is 4. The van der Waals surface area contributed by atoms with E-state index in [1.54, 1.807) is 0 Å². The highest BCUT2D eigenvalue weighted by atomic mass is 16.3. The second-order valence-electron chi connectivity index (χ2n) is 23.7. The third-order valence-electron chi connectivity index (χ3n) is 16.1. The van der Waals surface area contributed by atoms with E-state index in [0.29, 0.717) is 39.0 Å². The van der Waals surface area contributed by atoms with Crippen molar-refractivity contribution in [1.29, 1.82) is 0 Å². The second-order valence-corrected chi connectivity index (χ2v) is 23.7. The van der Waals surface area contributed by atoms with E-state index in [0.717, 1.165) is 116 Å². The minimum Gasteiger partial charge on any atom is -0.392 e. The van der Waals surface area contributed by atoms with E-state index in [4.69, 9.17) is 0 Å². The third-order valence-corrected chi connectivity index (χ3v) is 16.1. The fourth-order valence-corrected chi connectivity index (χ4v) is 11.3. The zero-order chi connectivity index (χ0) is 54.0. The summed E-state index contributed by atoms with van der Waals surface area (Å²) in [6.07, 6.45) is 51.2. The quantitative estimate of drug-likeness (QED) is 0.0330. The van der Waals surface area contributed by atoms with E-state index < -0.39 is 36.5 Å². The zero-order valence-corrected chi connectivity index (χ0v) is 49.7. The largest absolute Gasteiger partial charge is 0.392 e. The molecule has 0 aromatic rings. The van der Waals surface area contributed by atoms with Crippen LogP contribution in [0.15, 0.2) is 0 Å². The molecule has 1 fully saturated rings. The van der Waals surface area contributed by atoms with Crippen molar-refractivity contribution >= 4 is 11.8 Å². The van der Waals surface area contributed by atoms with Gasteiger partial charge in [0.2, 0.25) is 11.8 Å². The molecule has 440 valence electrons. The molecule has 6 atom stereocenters. The maximum atomic E-state index is 13.3. The van der Waals surface area contributed by atoms with Crippen LogP contribution in [0.25, 0.3) is 0 Å². The van der Waals surface area contributed by atoms with Gasteiger partial charge in [0.05, 0.1) is 24.4 Å². The van der Waals surface area contributed by atoms with Crippen LogP contribution in [0.1, 0.15) is 323 Å². The molecule has 1 heterocycles. The summed E-state index contributed by atoms with van der Waals surface area (Å²) in [6, 6.07) is -1.09. The maximum absolute atomic E-state index is 13.3. The smallest absolute Gasteiger partial charge is 0.243 e. The van der Waals surface area contributed by atoms with Crippen LogP contribution in [-0.2, 0) is 9.59 Å². The lowest BCUT2D eigenvalue weighted by Crippen LogP contribution is -2.61. The van der Waals surface area contributed by atoms with Crippen LogP contribution >= 0.6 is 0 Å². The Morgan fingerprint density at radius 2 is 0.514 bits per heavy atom. The molecular weight excluding hydrogens is 921 g/mol. The first kappa shape index (κ1) is 70.7. The van der Waals surface area contributed by atoms with Gasteiger partial charge >= 0.3 is 0 Å². The molecule has 1 rings (SSSR count). The molecule has 0 aromatic carbocycles. The number of carbonyl (C=O) groups is 2. The highest BCUT2D eigenvalue weighted by Gasteiger charge is 2.33. The summed E-state index contributed by atoms with van der Waals surface area (Å²) in [5.74, 6) is -0.222. The molecule has 2 amide bonds. The Kier molecular flexibility index (Phi) is 50.1. The molecule has 74 heavy (non-hydrogen) atoms. The Balaban J connectivity index is 2.61. The normalized spacial score (nSPS) is 16.8. The van der Waals surface area contributed by atoms with Crippen LogP contribution in [-0.4, -0.2) is 118 Å². The summed E-state index contributed by atoms with van der Waals surface area (Å²) < 4.78 is 0. The topological polar surface area (TPSA) is 146 Å². The minimum atomic E-state index is -0.545. The van der Waals surface area contributed by atoms with Gasteiger partial charge in [-0.25, -0.2) is 0 Å². The van der Waals surface area contributed by atoms with Crippen LogP contribution in [0.4, 0.5) is 0 Å². The van der Waals surface area contributed by atoms with Gasteiger partial charge < -0.3 is 31.1 Å². The lowest BCUT2D eigenvalue weighted by Gasteiger charge is -2.31. The van der Waals surface area contributed by atoms with Crippen LogP contribution < -0.4 is 10.6 Å². The molecule has 6 N–H and O–H groups in total. The average Bonchev–Trinajstić information content (AvgIpc) is 3.37. The number of amides is 2. The molecule has 1 aliphatic rings. The number of unbranched alkanes of at least 4 members (excludes halogenated alkanes) is 34. The third kappa shape index (κ3) is 43.7. The number of aliphatic hydroxyl groups is 4. The minimum absolute atomic E-state index is 0.111. The molecule has 0 spiro atoms. The van der Waals surface area contributed by atoms with Gasteiger partial charge in [0.1, 0.15) is 12.1 Å². The standard InChI is InChI=1S/C64H128N4O6/c1-5-9-13-17-21-25-29-33-37-45-57(69)53-67(54-58(70)46-38-34-30-26-22-18-14-10-6-2)51-43-41-49-61-63(73)66-62(64(74)65-61)50-42-44-52-68(55-59(71)47-39-35-31-27-23-19-15-11-7-3)56-60(72)48-40-36-32-28-24-20-16-12-8-4/h57-62,69-72H,5-56H2,1-4H3,(H,65,74)(H,66,73). The van der Waals surface area contributed by atoms with Gasteiger partial charge in [0, 0.05) is 26.2 Å². The van der Waals surface area contributed by atoms with Crippen molar-refractivity contribution < 1.29 is 30.0 Å². The maximum Gasteiger partial charge on any atom is 0.243 e. The fourth-order valence-electron chi connectivity index (χ4n) is 11.3. The van der Waals surface area contributed by atoms with Crippen molar-refractivity contribution in [2.24, 2.45) is 0 Å². The predicted molar refractivity (Wildman–Crippen MR) is 316 cm³/mol. The number of rotatable bonds is 58. The Labute approximate surface area is 459 Å². The van der Waals surface area contributed by atoms with Crippen molar-refractivity contribution in [3.8, 4) is 0 Å². The summed E-state index contributed by atoms with van der Waals surface area (Å²) in [5.41, 5.74) is 0. The van der Waals surface area contributed by atoms with Crippen molar-refractivity contribution in [3.05, 3.63) is 0 Å². The van der Waals surface area contributed by atoms with Gasteiger partial charge in [-0.05, 0) is 77.3 Å². The first-order chi connectivity index (χ1) is 36.1. The van der Waals surface area contributed by atoms with E-state index in [1.165, 1.54) is 180 Å². The number of hydrogen-bond acceptors (Lipinski definition) is 8. The number of nitrogens with zero attached hydrogens (tertiary/aromatic N) is 2. The summed E-state index contributed by atoms with van der Waals surface area (Å²) >= 11 is 0. The lowest BCUT2D eigenvalue weighted by atomic mass is 10.0. The molecule has 0 aliphatic carbocycles. The van der Waals surface area contributed by atoms with Gasteiger partial charge in [0.15, 0.2) is 0 Å². The Morgan fingerprint density at radius 1 is 0.311 bits per heavy atom. The summed E-state index contributed by atoms with van der Waals surface area (Å²) in [4.78, 5) is 31.1. The first-order valence-corrected chi connectivity index (χ1v) is 32.9. The SMILES string of the molecule is CCCCCCCCCCCC(O)CN(CCCCC1NC(=O)C(CCCCN(CC(O)CCCCCCCCCCC)CC(O)CCCCCCCCCCC)NC1=O)CC(O)CCCCCCCCCCC. The number of carbonyl (C=O) groups excluding carboxylic acids is 2. The number of nitrogens with one attached hydrogen (secondary N) is 2. The Morgan fingerprint density at radius 3 is 0.730 bits per heavy atom. The van der Waals surface area contributed by atoms with Crippen molar-refractivity contribution in [2.75, 3.05) is 39.3 Å². The van der Waals surface area contributed by atoms with Crippen LogP contribution in [0.2, 0.25) is 0 Å². The Bertz CT molecular complexity index is 1060.